The Balaban J connectivity index is 1.23. The normalized spacial score (nSPS) is 36.3. The maximum absolute atomic E-state index is 12.6. The summed E-state index contributed by atoms with van der Waals surface area (Å²) in [5.74, 6) is 5.10. The molecule has 4 aliphatic carbocycles. The third-order valence-electron chi connectivity index (χ3n) is 12.2. The van der Waals surface area contributed by atoms with Gasteiger partial charge in [-0.25, -0.2) is 4.79 Å². The van der Waals surface area contributed by atoms with Crippen molar-refractivity contribution in [3.8, 4) is 0 Å². The number of hydrogen-bond donors (Lipinski definition) is 2. The molecule has 0 spiro atoms. The summed E-state index contributed by atoms with van der Waals surface area (Å²) in [6.07, 6.45) is 20.3. The van der Waals surface area contributed by atoms with Crippen LogP contribution in [0.2, 0.25) is 0 Å². The van der Waals surface area contributed by atoms with Crippen molar-refractivity contribution in [2.24, 2.45) is 46.3 Å². The molecule has 4 aliphatic rings. The van der Waals surface area contributed by atoms with E-state index in [1.54, 1.807) is 12.2 Å². The number of amides is 1. The molecule has 0 aliphatic heterocycles. The van der Waals surface area contributed by atoms with Crippen LogP contribution in [-0.2, 0) is 21.1 Å². The molecule has 0 heterocycles. The summed E-state index contributed by atoms with van der Waals surface area (Å²) < 4.78 is 11.2. The second kappa shape index (κ2) is 14.8. The SMILES string of the molecule is CC(C)CCC[C@@H](C)[C@H]1CC[C@H]2[C@@H]3CC=C4C[C@@H](OC(=O)NCCCCCCOP(C)(O)=S)CC[C@]4(C)[C@H]3CC[C@]12C. The van der Waals surface area contributed by atoms with Crippen LogP contribution in [0.25, 0.3) is 0 Å². The van der Waals surface area contributed by atoms with E-state index in [2.05, 4.69) is 46.0 Å². The van der Waals surface area contributed by atoms with Crippen molar-refractivity contribution < 1.29 is 18.9 Å². The van der Waals surface area contributed by atoms with Gasteiger partial charge in [0.2, 0.25) is 0 Å². The van der Waals surface area contributed by atoms with Gasteiger partial charge in [0, 0.05) is 19.6 Å². The first-order valence-corrected chi connectivity index (χ1v) is 20.5. The van der Waals surface area contributed by atoms with Gasteiger partial charge in [0.15, 0.2) is 6.49 Å². The highest BCUT2D eigenvalue weighted by molar-refractivity contribution is 8.09. The Morgan fingerprint density at radius 3 is 2.55 bits per heavy atom. The molecular formula is C35H62NO4PS. The lowest BCUT2D eigenvalue weighted by atomic mass is 9.47. The summed E-state index contributed by atoms with van der Waals surface area (Å²) in [6.45, 7) is 12.7. The van der Waals surface area contributed by atoms with Crippen molar-refractivity contribution in [2.45, 2.75) is 137 Å². The molecule has 0 saturated heterocycles. The number of fused-ring (bicyclic) bond motifs is 5. The number of carbonyl (C=O) groups is 1. The Morgan fingerprint density at radius 2 is 1.81 bits per heavy atom. The molecule has 0 aromatic heterocycles. The summed E-state index contributed by atoms with van der Waals surface area (Å²) in [5.41, 5.74) is 2.39. The van der Waals surface area contributed by atoms with Gasteiger partial charge in [-0.15, -0.1) is 0 Å². The Labute approximate surface area is 262 Å². The third kappa shape index (κ3) is 8.43. The molecule has 3 fully saturated rings. The lowest BCUT2D eigenvalue weighted by molar-refractivity contribution is -0.0581. The van der Waals surface area contributed by atoms with Crippen molar-refractivity contribution in [3.05, 3.63) is 11.6 Å². The summed E-state index contributed by atoms with van der Waals surface area (Å²) in [6, 6.07) is 0. The molecule has 9 atom stereocenters. The van der Waals surface area contributed by atoms with E-state index in [4.69, 9.17) is 21.1 Å². The molecular weight excluding hydrogens is 561 g/mol. The van der Waals surface area contributed by atoms with E-state index >= 15 is 0 Å². The van der Waals surface area contributed by atoms with Crippen molar-refractivity contribution in [1.29, 1.82) is 0 Å². The molecule has 0 aromatic carbocycles. The van der Waals surface area contributed by atoms with Crippen LogP contribution >= 0.6 is 6.49 Å². The topological polar surface area (TPSA) is 67.8 Å². The molecule has 1 unspecified atom stereocenters. The van der Waals surface area contributed by atoms with E-state index in [1.807, 2.05) is 0 Å². The number of alkyl carbamates (subject to hydrolysis) is 1. The molecule has 4 rings (SSSR count). The minimum atomic E-state index is -2.54. The van der Waals surface area contributed by atoms with Crippen molar-refractivity contribution in [1.82, 2.24) is 5.32 Å². The van der Waals surface area contributed by atoms with Crippen LogP contribution in [-0.4, -0.2) is 36.9 Å². The Kier molecular flexibility index (Phi) is 12.1. The number of hydrogen-bond acceptors (Lipinski definition) is 4. The predicted octanol–water partition coefficient (Wildman–Crippen LogP) is 9.63. The van der Waals surface area contributed by atoms with E-state index in [-0.39, 0.29) is 17.6 Å². The van der Waals surface area contributed by atoms with E-state index < -0.39 is 6.49 Å². The molecule has 2 N–H and O–H groups in total. The molecule has 0 aromatic rings. The first kappa shape index (κ1) is 34.5. The van der Waals surface area contributed by atoms with Gasteiger partial charge < -0.3 is 19.5 Å². The Morgan fingerprint density at radius 1 is 1.05 bits per heavy atom. The summed E-state index contributed by atoms with van der Waals surface area (Å²) in [7, 11) is 0. The standard InChI is InChI=1S/C35H62NO4PS/c1-25(2)12-11-13-26(3)30-16-17-31-29-15-14-27-24-28(18-20-34(27,4)32(29)19-21-35(30,31)5)40-33(37)36-22-9-7-8-10-23-39-41(6,38)42/h14,25-26,28-32H,7-13,15-24H2,1-6H3,(H,36,37)(H,38,42)/t26-,28+,29+,30-,31+,32+,34+,35-,41?/m1/s1. The first-order chi connectivity index (χ1) is 19.8. The smallest absolute Gasteiger partial charge is 0.407 e. The zero-order valence-electron chi connectivity index (χ0n) is 27.7. The fraction of sp³-hybridized carbons (Fsp3) is 0.914. The van der Waals surface area contributed by atoms with Gasteiger partial charge in [0.1, 0.15) is 6.10 Å². The zero-order chi connectivity index (χ0) is 30.5. The highest BCUT2D eigenvalue weighted by Crippen LogP contribution is 2.67. The monoisotopic (exact) mass is 623 g/mol. The van der Waals surface area contributed by atoms with Crippen LogP contribution in [0, 0.1) is 46.3 Å². The van der Waals surface area contributed by atoms with Crippen LogP contribution in [0.4, 0.5) is 4.79 Å². The Hall–Kier alpha value is -0.420. The van der Waals surface area contributed by atoms with Gasteiger partial charge in [0.05, 0.1) is 6.61 Å². The maximum Gasteiger partial charge on any atom is 0.407 e. The average Bonchev–Trinajstić information content (AvgIpc) is 3.27. The average molecular weight is 624 g/mol. The van der Waals surface area contributed by atoms with E-state index in [0.29, 0.717) is 18.6 Å². The Bertz CT molecular complexity index is 980. The number of nitrogens with one attached hydrogen (secondary N) is 1. The highest BCUT2D eigenvalue weighted by Gasteiger charge is 2.59. The number of carbonyl (C=O) groups excluding carboxylic acids is 1. The molecule has 42 heavy (non-hydrogen) atoms. The highest BCUT2D eigenvalue weighted by atomic mass is 32.5. The van der Waals surface area contributed by atoms with Crippen LogP contribution in [0.3, 0.4) is 0 Å². The first-order valence-electron chi connectivity index (χ1n) is 17.4. The van der Waals surface area contributed by atoms with Gasteiger partial charge in [-0.1, -0.05) is 78.4 Å². The van der Waals surface area contributed by atoms with Gasteiger partial charge in [-0.05, 0) is 116 Å². The molecule has 5 nitrogen and oxygen atoms in total. The largest absolute Gasteiger partial charge is 0.446 e. The molecule has 0 bridgehead atoms. The molecule has 0 radical (unpaired) electrons. The maximum atomic E-state index is 12.6. The van der Waals surface area contributed by atoms with Crippen LogP contribution in [0.5, 0.6) is 0 Å². The van der Waals surface area contributed by atoms with Crippen molar-refractivity contribution >= 4 is 24.4 Å². The number of allylic oxidation sites excluding steroid dienone is 1. The predicted molar refractivity (Wildman–Crippen MR) is 178 cm³/mol. The second-order valence-corrected chi connectivity index (χ2v) is 19.4. The van der Waals surface area contributed by atoms with Gasteiger partial charge in [0.25, 0.3) is 0 Å². The zero-order valence-corrected chi connectivity index (χ0v) is 29.4. The van der Waals surface area contributed by atoms with E-state index in [0.717, 1.165) is 80.5 Å². The summed E-state index contributed by atoms with van der Waals surface area (Å²) in [4.78, 5) is 22.1. The lowest BCUT2D eigenvalue weighted by Crippen LogP contribution is -2.51. The van der Waals surface area contributed by atoms with Crippen LogP contribution < -0.4 is 5.32 Å². The fourth-order valence-electron chi connectivity index (χ4n) is 9.95. The number of unbranched alkanes of at least 4 members (excludes halogenated alkanes) is 3. The summed E-state index contributed by atoms with van der Waals surface area (Å²) >= 11 is 4.89. The van der Waals surface area contributed by atoms with Gasteiger partial charge in [-0.3, -0.25) is 0 Å². The number of ether oxygens (including phenoxy) is 1. The van der Waals surface area contributed by atoms with Crippen LogP contribution in [0.1, 0.15) is 131 Å². The minimum absolute atomic E-state index is 0.00366. The quantitative estimate of drug-likeness (QED) is 0.115. The third-order valence-corrected chi connectivity index (χ3v) is 13.2. The minimum Gasteiger partial charge on any atom is -0.446 e. The molecule has 7 heteroatoms. The van der Waals surface area contributed by atoms with Crippen LogP contribution in [0.15, 0.2) is 11.6 Å². The second-order valence-electron chi connectivity index (χ2n) is 15.5. The lowest BCUT2D eigenvalue weighted by Gasteiger charge is -2.58. The molecule has 1 amide bonds. The van der Waals surface area contributed by atoms with E-state index in [9.17, 15) is 9.69 Å². The fourth-order valence-corrected chi connectivity index (χ4v) is 10.6. The summed E-state index contributed by atoms with van der Waals surface area (Å²) in [5, 5.41) is 2.97. The number of rotatable bonds is 14. The van der Waals surface area contributed by atoms with Gasteiger partial charge in [-0.2, -0.15) is 0 Å². The molecule has 3 saturated carbocycles. The van der Waals surface area contributed by atoms with Gasteiger partial charge >= 0.3 is 6.09 Å². The molecule has 242 valence electrons. The van der Waals surface area contributed by atoms with Crippen molar-refractivity contribution in [3.63, 3.8) is 0 Å². The van der Waals surface area contributed by atoms with Crippen molar-refractivity contribution in [2.75, 3.05) is 19.8 Å². The van der Waals surface area contributed by atoms with E-state index in [1.165, 1.54) is 51.4 Å².